The molecule has 0 aromatic rings. The first-order chi connectivity index (χ1) is 4.70. The third kappa shape index (κ3) is 1.46. The third-order valence-electron chi connectivity index (χ3n) is 1.43. The Balaban J connectivity index is 2.53. The average Bonchev–Trinajstić information content (AvgIpc) is 1.88. The molecule has 56 valence electrons. The first-order valence-electron chi connectivity index (χ1n) is 3.18. The van der Waals surface area contributed by atoms with E-state index < -0.39 is 12.0 Å². The van der Waals surface area contributed by atoms with E-state index in [-0.39, 0.29) is 0 Å². The van der Waals surface area contributed by atoms with Crippen LogP contribution < -0.4 is 10.4 Å². The number of carbonyl (C=O) groups is 1. The number of nitrogens with zero attached hydrogens (tertiary/aromatic N) is 1. The molecule has 1 atom stereocenters. The SMILES string of the molecule is CC1=NCC[C@@H](C(=O)[O-])N1. The Hall–Kier alpha value is -1.06. The van der Waals surface area contributed by atoms with E-state index in [9.17, 15) is 9.90 Å². The van der Waals surface area contributed by atoms with Crippen LogP contribution in [0.4, 0.5) is 0 Å². The molecule has 0 aliphatic carbocycles. The van der Waals surface area contributed by atoms with E-state index in [2.05, 4.69) is 10.3 Å². The van der Waals surface area contributed by atoms with Crippen LogP contribution in [0, 0.1) is 0 Å². The molecular weight excluding hydrogens is 132 g/mol. The highest BCUT2D eigenvalue weighted by Gasteiger charge is 2.12. The number of nitrogens with one attached hydrogen (secondary N) is 1. The molecule has 1 aliphatic rings. The van der Waals surface area contributed by atoms with Gasteiger partial charge < -0.3 is 15.2 Å². The molecule has 0 fully saturated rings. The largest absolute Gasteiger partial charge is 0.548 e. The Kier molecular flexibility index (Phi) is 1.89. The zero-order chi connectivity index (χ0) is 7.56. The third-order valence-corrected chi connectivity index (χ3v) is 1.43. The minimum Gasteiger partial charge on any atom is -0.548 e. The molecule has 1 aliphatic heterocycles. The van der Waals surface area contributed by atoms with Crippen molar-refractivity contribution in [1.82, 2.24) is 5.32 Å². The van der Waals surface area contributed by atoms with Gasteiger partial charge in [-0.15, -0.1) is 0 Å². The molecule has 0 amide bonds. The van der Waals surface area contributed by atoms with Crippen LogP contribution in [0.2, 0.25) is 0 Å². The average molecular weight is 141 g/mol. The molecule has 10 heavy (non-hydrogen) atoms. The van der Waals surface area contributed by atoms with E-state index in [4.69, 9.17) is 0 Å². The van der Waals surface area contributed by atoms with Gasteiger partial charge in [0.05, 0.1) is 17.8 Å². The minimum atomic E-state index is -1.05. The summed E-state index contributed by atoms with van der Waals surface area (Å²) in [6.45, 7) is 2.33. The van der Waals surface area contributed by atoms with Crippen LogP contribution >= 0.6 is 0 Å². The molecule has 0 aromatic carbocycles. The zero-order valence-corrected chi connectivity index (χ0v) is 5.76. The molecule has 1 N–H and O–H groups in total. The summed E-state index contributed by atoms with van der Waals surface area (Å²) in [7, 11) is 0. The summed E-state index contributed by atoms with van der Waals surface area (Å²) < 4.78 is 0. The van der Waals surface area contributed by atoms with Crippen LogP contribution in [0.1, 0.15) is 13.3 Å². The van der Waals surface area contributed by atoms with Crippen molar-refractivity contribution in [2.45, 2.75) is 19.4 Å². The fourth-order valence-electron chi connectivity index (χ4n) is 0.908. The predicted octanol–water partition coefficient (Wildman–Crippen LogP) is -1.48. The van der Waals surface area contributed by atoms with E-state index >= 15 is 0 Å². The first-order valence-corrected chi connectivity index (χ1v) is 3.18. The van der Waals surface area contributed by atoms with Crippen molar-refractivity contribution in [2.75, 3.05) is 6.54 Å². The van der Waals surface area contributed by atoms with E-state index in [0.29, 0.717) is 18.8 Å². The zero-order valence-electron chi connectivity index (χ0n) is 5.76. The Morgan fingerprint density at radius 1 is 1.90 bits per heavy atom. The smallest absolute Gasteiger partial charge is 0.0936 e. The van der Waals surface area contributed by atoms with Gasteiger partial charge in [0.25, 0.3) is 0 Å². The predicted molar refractivity (Wildman–Crippen MR) is 34.5 cm³/mol. The van der Waals surface area contributed by atoms with Gasteiger partial charge >= 0.3 is 0 Å². The number of amidine groups is 1. The van der Waals surface area contributed by atoms with Gasteiger partial charge in [0.15, 0.2) is 0 Å². The van der Waals surface area contributed by atoms with Crippen LogP contribution in [0.5, 0.6) is 0 Å². The number of hydrogen-bond donors (Lipinski definition) is 1. The van der Waals surface area contributed by atoms with Crippen molar-refractivity contribution in [3.05, 3.63) is 0 Å². The van der Waals surface area contributed by atoms with E-state index in [0.717, 1.165) is 0 Å². The summed E-state index contributed by atoms with van der Waals surface area (Å²) in [6, 6.07) is -0.544. The molecule has 4 nitrogen and oxygen atoms in total. The number of rotatable bonds is 1. The van der Waals surface area contributed by atoms with Crippen molar-refractivity contribution in [2.24, 2.45) is 4.99 Å². The molecule has 4 heteroatoms. The van der Waals surface area contributed by atoms with Gasteiger partial charge in [-0.25, -0.2) is 0 Å². The molecule has 0 radical (unpaired) electrons. The number of aliphatic carboxylic acids is 1. The fraction of sp³-hybridized carbons (Fsp3) is 0.667. The lowest BCUT2D eigenvalue weighted by Gasteiger charge is -2.23. The van der Waals surface area contributed by atoms with Crippen LogP contribution in [0.25, 0.3) is 0 Å². The van der Waals surface area contributed by atoms with Crippen LogP contribution in [-0.2, 0) is 4.79 Å². The highest BCUT2D eigenvalue weighted by atomic mass is 16.4. The molecule has 0 spiro atoms. The molecule has 0 unspecified atom stereocenters. The molecule has 0 saturated heterocycles. The van der Waals surface area contributed by atoms with E-state index in [1.165, 1.54) is 0 Å². The maximum Gasteiger partial charge on any atom is 0.0936 e. The maximum atomic E-state index is 10.3. The molecule has 0 bridgehead atoms. The van der Waals surface area contributed by atoms with Crippen molar-refractivity contribution in [3.8, 4) is 0 Å². The Bertz CT molecular complexity index is 177. The van der Waals surface area contributed by atoms with Gasteiger partial charge in [0, 0.05) is 6.54 Å². The lowest BCUT2D eigenvalue weighted by Crippen LogP contribution is -2.49. The van der Waals surface area contributed by atoms with E-state index in [1.54, 1.807) is 6.92 Å². The van der Waals surface area contributed by atoms with Crippen LogP contribution in [0.3, 0.4) is 0 Å². The summed E-state index contributed by atoms with van der Waals surface area (Å²) in [5.41, 5.74) is 0. The number of carboxylic acid groups (broad SMARTS) is 1. The maximum absolute atomic E-state index is 10.3. The van der Waals surface area contributed by atoms with E-state index in [1.807, 2.05) is 0 Å². The first kappa shape index (κ1) is 7.05. The number of carbonyl (C=O) groups excluding carboxylic acids is 1. The van der Waals surface area contributed by atoms with Gasteiger partial charge in [0.2, 0.25) is 0 Å². The summed E-state index contributed by atoms with van der Waals surface area (Å²) in [4.78, 5) is 14.2. The lowest BCUT2D eigenvalue weighted by molar-refractivity contribution is -0.308. The standard InChI is InChI=1S/C6H10N2O2/c1-4-7-3-2-5(8-4)6(9)10/h5H,2-3H2,1H3,(H,7,8)(H,9,10)/p-1/t5-/m0/s1. The summed E-state index contributed by atoms with van der Waals surface area (Å²) >= 11 is 0. The quantitative estimate of drug-likeness (QED) is 0.484. The Labute approximate surface area is 59.0 Å². The monoisotopic (exact) mass is 141 g/mol. The van der Waals surface area contributed by atoms with Crippen molar-refractivity contribution >= 4 is 11.8 Å². The Morgan fingerprint density at radius 2 is 2.60 bits per heavy atom. The number of carboxylic acids is 1. The van der Waals surface area contributed by atoms with Crippen LogP contribution in [0.15, 0.2) is 4.99 Å². The second-order valence-corrected chi connectivity index (χ2v) is 2.27. The van der Waals surface area contributed by atoms with Gasteiger partial charge in [-0.2, -0.15) is 0 Å². The molecular formula is C6H9N2O2-. The van der Waals surface area contributed by atoms with Crippen molar-refractivity contribution < 1.29 is 9.90 Å². The van der Waals surface area contributed by atoms with Gasteiger partial charge in [-0.05, 0) is 13.3 Å². The van der Waals surface area contributed by atoms with Crippen LogP contribution in [-0.4, -0.2) is 24.4 Å². The normalized spacial score (nSPS) is 24.9. The highest BCUT2D eigenvalue weighted by Crippen LogP contribution is 1.97. The number of aliphatic imine (C=N–C) groups is 1. The molecule has 1 heterocycles. The highest BCUT2D eigenvalue weighted by molar-refractivity contribution is 5.85. The summed E-state index contributed by atoms with van der Waals surface area (Å²) in [6.07, 6.45) is 0.527. The summed E-state index contributed by atoms with van der Waals surface area (Å²) in [5, 5.41) is 13.0. The molecule has 0 aromatic heterocycles. The minimum absolute atomic E-state index is 0.527. The van der Waals surface area contributed by atoms with Crippen molar-refractivity contribution in [3.63, 3.8) is 0 Å². The lowest BCUT2D eigenvalue weighted by atomic mass is 10.2. The molecule has 0 saturated carbocycles. The van der Waals surface area contributed by atoms with Gasteiger partial charge in [-0.1, -0.05) is 0 Å². The van der Waals surface area contributed by atoms with Gasteiger partial charge in [0.1, 0.15) is 0 Å². The van der Waals surface area contributed by atoms with Crippen molar-refractivity contribution in [1.29, 1.82) is 0 Å². The second kappa shape index (κ2) is 2.68. The fourth-order valence-corrected chi connectivity index (χ4v) is 0.908. The Morgan fingerprint density at radius 3 is 3.00 bits per heavy atom. The van der Waals surface area contributed by atoms with Gasteiger partial charge in [-0.3, -0.25) is 4.99 Å². The second-order valence-electron chi connectivity index (χ2n) is 2.27. The summed E-state index contributed by atoms with van der Waals surface area (Å²) in [5.74, 6) is -0.366. The topological polar surface area (TPSA) is 64.5 Å². The number of hydrogen-bond acceptors (Lipinski definition) is 4. The molecule has 1 rings (SSSR count).